The van der Waals surface area contributed by atoms with Gasteiger partial charge in [0.25, 0.3) is 0 Å². The third kappa shape index (κ3) is 1.21. The molecule has 0 spiro atoms. The van der Waals surface area contributed by atoms with Crippen molar-refractivity contribution >= 4 is 26.8 Å². The zero-order valence-corrected chi connectivity index (χ0v) is 8.51. The molecule has 0 unspecified atom stereocenters. The molecule has 0 aliphatic heterocycles. The Labute approximate surface area is 83.5 Å². The van der Waals surface area contributed by atoms with E-state index in [2.05, 4.69) is 32.0 Å². The number of hydrogen-bond acceptors (Lipinski definition) is 2. The Kier molecular flexibility index (Phi) is 1.82. The first-order valence-corrected chi connectivity index (χ1v) is 4.55. The number of aromatic nitrogens is 2. The van der Waals surface area contributed by atoms with Crippen LogP contribution in [0.15, 0.2) is 16.9 Å². The average molecular weight is 236 g/mol. The number of halogens is 1. The third-order valence-electron chi connectivity index (χ3n) is 2.02. The Bertz CT molecular complexity index is 507. The molecule has 0 bridgehead atoms. The number of H-pyrrole nitrogens is 1. The smallest absolute Gasteiger partial charge is 0.121 e. The van der Waals surface area contributed by atoms with Crippen molar-refractivity contribution in [3.8, 4) is 6.07 Å². The highest BCUT2D eigenvalue weighted by molar-refractivity contribution is 9.10. The minimum Gasteiger partial charge on any atom is -0.345 e. The number of nitrogens with one attached hydrogen (secondary N) is 1. The van der Waals surface area contributed by atoms with E-state index in [1.807, 2.05) is 13.0 Å². The SMILES string of the molecule is Cc1c(C#N)[nH]c2cnc(Br)cc12. The zero-order valence-electron chi connectivity index (χ0n) is 6.93. The number of hydrogen-bond donors (Lipinski definition) is 1. The lowest BCUT2D eigenvalue weighted by Crippen LogP contribution is -1.75. The molecule has 0 fully saturated rings. The van der Waals surface area contributed by atoms with Crippen LogP contribution in [0.1, 0.15) is 11.3 Å². The summed E-state index contributed by atoms with van der Waals surface area (Å²) in [6, 6.07) is 4.01. The second-order valence-corrected chi connectivity index (χ2v) is 3.60. The number of nitriles is 1. The van der Waals surface area contributed by atoms with Crippen molar-refractivity contribution in [2.75, 3.05) is 0 Å². The van der Waals surface area contributed by atoms with Gasteiger partial charge >= 0.3 is 0 Å². The van der Waals surface area contributed by atoms with Crippen LogP contribution in [0.25, 0.3) is 10.9 Å². The van der Waals surface area contributed by atoms with E-state index >= 15 is 0 Å². The van der Waals surface area contributed by atoms with Gasteiger partial charge in [0.05, 0.1) is 11.7 Å². The largest absolute Gasteiger partial charge is 0.345 e. The van der Waals surface area contributed by atoms with Crippen LogP contribution >= 0.6 is 15.9 Å². The minimum absolute atomic E-state index is 0.606. The van der Waals surface area contributed by atoms with E-state index in [4.69, 9.17) is 5.26 Å². The molecule has 0 atom stereocenters. The van der Waals surface area contributed by atoms with Crippen LogP contribution in [-0.4, -0.2) is 9.97 Å². The molecule has 0 aliphatic carbocycles. The molecule has 64 valence electrons. The molecule has 2 rings (SSSR count). The van der Waals surface area contributed by atoms with Gasteiger partial charge in [0.1, 0.15) is 16.4 Å². The lowest BCUT2D eigenvalue weighted by molar-refractivity contribution is 1.28. The molecule has 0 saturated heterocycles. The Morgan fingerprint density at radius 2 is 2.38 bits per heavy atom. The van der Waals surface area contributed by atoms with E-state index in [1.54, 1.807) is 6.20 Å². The molecule has 2 aromatic rings. The maximum atomic E-state index is 8.78. The lowest BCUT2D eigenvalue weighted by atomic mass is 10.2. The van der Waals surface area contributed by atoms with Crippen LogP contribution in [0.4, 0.5) is 0 Å². The van der Waals surface area contributed by atoms with E-state index in [9.17, 15) is 0 Å². The monoisotopic (exact) mass is 235 g/mol. The minimum atomic E-state index is 0.606. The van der Waals surface area contributed by atoms with E-state index in [0.29, 0.717) is 5.69 Å². The van der Waals surface area contributed by atoms with Crippen LogP contribution in [0, 0.1) is 18.3 Å². The third-order valence-corrected chi connectivity index (χ3v) is 2.45. The Balaban J connectivity index is 2.87. The summed E-state index contributed by atoms with van der Waals surface area (Å²) in [6.45, 7) is 1.92. The van der Waals surface area contributed by atoms with Crippen molar-refractivity contribution in [3.63, 3.8) is 0 Å². The van der Waals surface area contributed by atoms with Crippen molar-refractivity contribution in [2.24, 2.45) is 0 Å². The van der Waals surface area contributed by atoms with Crippen molar-refractivity contribution < 1.29 is 0 Å². The molecule has 2 aromatic heterocycles. The normalized spacial score (nSPS) is 10.2. The van der Waals surface area contributed by atoms with E-state index < -0.39 is 0 Å². The Morgan fingerprint density at radius 3 is 3.08 bits per heavy atom. The van der Waals surface area contributed by atoms with Crippen molar-refractivity contribution in [1.82, 2.24) is 9.97 Å². The van der Waals surface area contributed by atoms with Crippen LogP contribution in [-0.2, 0) is 0 Å². The van der Waals surface area contributed by atoms with Gasteiger partial charge in [0.2, 0.25) is 0 Å². The molecule has 3 nitrogen and oxygen atoms in total. The summed E-state index contributed by atoms with van der Waals surface area (Å²) in [6.07, 6.45) is 1.72. The fourth-order valence-corrected chi connectivity index (χ4v) is 1.65. The number of nitrogens with zero attached hydrogens (tertiary/aromatic N) is 2. The van der Waals surface area contributed by atoms with Gasteiger partial charge in [0, 0.05) is 5.39 Å². The number of fused-ring (bicyclic) bond motifs is 1. The van der Waals surface area contributed by atoms with Gasteiger partial charge in [-0.05, 0) is 34.5 Å². The maximum absolute atomic E-state index is 8.78. The summed E-state index contributed by atoms with van der Waals surface area (Å²) in [4.78, 5) is 7.07. The molecule has 0 radical (unpaired) electrons. The van der Waals surface area contributed by atoms with Gasteiger partial charge in [-0.1, -0.05) is 0 Å². The van der Waals surface area contributed by atoms with E-state index in [0.717, 1.165) is 21.1 Å². The van der Waals surface area contributed by atoms with Gasteiger partial charge < -0.3 is 4.98 Å². The van der Waals surface area contributed by atoms with Crippen molar-refractivity contribution in [3.05, 3.63) is 28.1 Å². The van der Waals surface area contributed by atoms with E-state index in [-0.39, 0.29) is 0 Å². The molecule has 0 aromatic carbocycles. The molecule has 0 amide bonds. The molecule has 1 N–H and O–H groups in total. The molecule has 2 heterocycles. The number of aromatic amines is 1. The summed E-state index contributed by atoms with van der Waals surface area (Å²) in [5.41, 5.74) is 2.48. The van der Waals surface area contributed by atoms with Crippen LogP contribution in [0.3, 0.4) is 0 Å². The zero-order chi connectivity index (χ0) is 9.42. The molecule has 0 saturated carbocycles. The number of aryl methyl sites for hydroxylation is 1. The summed E-state index contributed by atoms with van der Waals surface area (Å²) < 4.78 is 0.784. The average Bonchev–Trinajstić information content (AvgIpc) is 2.44. The van der Waals surface area contributed by atoms with Crippen LogP contribution < -0.4 is 0 Å². The summed E-state index contributed by atoms with van der Waals surface area (Å²) in [5, 5.41) is 9.82. The quantitative estimate of drug-likeness (QED) is 0.714. The van der Waals surface area contributed by atoms with Crippen LogP contribution in [0.2, 0.25) is 0 Å². The summed E-state index contributed by atoms with van der Waals surface area (Å²) >= 11 is 3.29. The maximum Gasteiger partial charge on any atom is 0.121 e. The second kappa shape index (κ2) is 2.86. The topological polar surface area (TPSA) is 52.5 Å². The molecule has 13 heavy (non-hydrogen) atoms. The highest BCUT2D eigenvalue weighted by Crippen LogP contribution is 2.22. The number of pyridine rings is 1. The molecule has 0 aliphatic rings. The first-order valence-electron chi connectivity index (χ1n) is 3.76. The Hall–Kier alpha value is -1.34. The van der Waals surface area contributed by atoms with Gasteiger partial charge in [0.15, 0.2) is 0 Å². The summed E-state index contributed by atoms with van der Waals surface area (Å²) in [5.74, 6) is 0. The fourth-order valence-electron chi connectivity index (χ4n) is 1.31. The summed E-state index contributed by atoms with van der Waals surface area (Å²) in [7, 11) is 0. The van der Waals surface area contributed by atoms with Crippen LogP contribution in [0.5, 0.6) is 0 Å². The highest BCUT2D eigenvalue weighted by Gasteiger charge is 2.06. The second-order valence-electron chi connectivity index (χ2n) is 2.79. The number of rotatable bonds is 0. The standard InChI is InChI=1S/C9H6BrN3/c1-5-6-2-9(10)12-4-8(6)13-7(5)3-11/h2,4,13H,1H3. The highest BCUT2D eigenvalue weighted by atomic mass is 79.9. The van der Waals surface area contributed by atoms with E-state index in [1.165, 1.54) is 0 Å². The molecular weight excluding hydrogens is 230 g/mol. The molecular formula is C9H6BrN3. The lowest BCUT2D eigenvalue weighted by Gasteiger charge is -1.90. The van der Waals surface area contributed by atoms with Crippen molar-refractivity contribution in [2.45, 2.75) is 6.92 Å². The van der Waals surface area contributed by atoms with Crippen molar-refractivity contribution in [1.29, 1.82) is 5.26 Å². The first-order chi connectivity index (χ1) is 6.22. The first kappa shape index (κ1) is 8.27. The van der Waals surface area contributed by atoms with Gasteiger partial charge in [-0.3, -0.25) is 0 Å². The predicted octanol–water partition coefficient (Wildman–Crippen LogP) is 2.51. The molecule has 4 heteroatoms. The predicted molar refractivity (Wildman–Crippen MR) is 53.2 cm³/mol. The Morgan fingerprint density at radius 1 is 1.62 bits per heavy atom. The van der Waals surface area contributed by atoms with Gasteiger partial charge in [-0.2, -0.15) is 5.26 Å². The van der Waals surface area contributed by atoms with Gasteiger partial charge in [-0.25, -0.2) is 4.98 Å². The fraction of sp³-hybridized carbons (Fsp3) is 0.111. The van der Waals surface area contributed by atoms with Gasteiger partial charge in [-0.15, -0.1) is 0 Å².